The van der Waals surface area contributed by atoms with Crippen LogP contribution in [0.25, 0.3) is 10.8 Å². The van der Waals surface area contributed by atoms with Crippen LogP contribution >= 0.6 is 0 Å². The van der Waals surface area contributed by atoms with E-state index in [0.717, 1.165) is 22.0 Å². The third-order valence-corrected chi connectivity index (χ3v) is 5.67. The lowest BCUT2D eigenvalue weighted by Crippen LogP contribution is -2.49. The van der Waals surface area contributed by atoms with Crippen LogP contribution in [0.15, 0.2) is 66.7 Å². The highest BCUT2D eigenvalue weighted by Gasteiger charge is 2.31. The molecule has 1 fully saturated rings. The van der Waals surface area contributed by atoms with E-state index in [1.54, 1.807) is 6.07 Å². The van der Waals surface area contributed by atoms with Crippen LogP contribution in [0.2, 0.25) is 0 Å². The van der Waals surface area contributed by atoms with Gasteiger partial charge in [0, 0.05) is 31.7 Å². The molecule has 0 aromatic heterocycles. The second-order valence-electron chi connectivity index (χ2n) is 8.19. The maximum absolute atomic E-state index is 13.2. The van der Waals surface area contributed by atoms with E-state index in [0.29, 0.717) is 31.9 Å². The van der Waals surface area contributed by atoms with Gasteiger partial charge in [-0.05, 0) is 42.8 Å². The van der Waals surface area contributed by atoms with Crippen LogP contribution < -0.4 is 9.64 Å². The number of rotatable bonds is 5. The summed E-state index contributed by atoms with van der Waals surface area (Å²) in [6, 6.07) is 21.2. The molecule has 0 saturated carbocycles. The smallest absolute Gasteiger partial charge is 0.347 e. The van der Waals surface area contributed by atoms with Gasteiger partial charge in [0.05, 0.1) is 5.69 Å². The summed E-state index contributed by atoms with van der Waals surface area (Å²) in [5.41, 5.74) is 0.231. The van der Waals surface area contributed by atoms with Gasteiger partial charge >= 0.3 is 5.97 Å². The van der Waals surface area contributed by atoms with Gasteiger partial charge in [-0.1, -0.05) is 48.5 Å². The third-order valence-electron chi connectivity index (χ3n) is 5.67. The zero-order valence-electron chi connectivity index (χ0n) is 17.7. The average molecular weight is 418 g/mol. The normalized spacial score (nSPS) is 14.5. The number of nitrogens with zero attached hydrogens (tertiary/aromatic N) is 2. The van der Waals surface area contributed by atoms with Crippen LogP contribution in [0.5, 0.6) is 5.75 Å². The van der Waals surface area contributed by atoms with E-state index in [4.69, 9.17) is 4.74 Å². The number of piperazine rings is 1. The van der Waals surface area contributed by atoms with Crippen LogP contribution in [-0.4, -0.2) is 53.7 Å². The molecule has 4 rings (SSSR count). The lowest BCUT2D eigenvalue weighted by molar-refractivity contribution is -0.152. The van der Waals surface area contributed by atoms with Crippen LogP contribution in [0.1, 0.15) is 24.2 Å². The Morgan fingerprint density at radius 1 is 0.871 bits per heavy atom. The van der Waals surface area contributed by atoms with E-state index < -0.39 is 11.6 Å². The number of anilines is 1. The number of fused-ring (bicyclic) bond motifs is 1. The average Bonchev–Trinajstić information content (AvgIpc) is 2.78. The first-order valence-corrected chi connectivity index (χ1v) is 10.4. The van der Waals surface area contributed by atoms with Crippen molar-refractivity contribution in [3.05, 3.63) is 72.3 Å². The molecule has 1 saturated heterocycles. The first-order chi connectivity index (χ1) is 14.9. The molecule has 0 spiro atoms. The van der Waals surface area contributed by atoms with Gasteiger partial charge in [0.2, 0.25) is 0 Å². The van der Waals surface area contributed by atoms with E-state index in [2.05, 4.69) is 4.90 Å². The summed E-state index contributed by atoms with van der Waals surface area (Å²) >= 11 is 0. The van der Waals surface area contributed by atoms with Gasteiger partial charge in [-0.3, -0.25) is 4.79 Å². The van der Waals surface area contributed by atoms with Gasteiger partial charge in [-0.25, -0.2) is 4.79 Å². The number of aliphatic carboxylic acids is 1. The minimum atomic E-state index is -1.33. The Morgan fingerprint density at radius 3 is 2.26 bits per heavy atom. The Labute approximate surface area is 181 Å². The van der Waals surface area contributed by atoms with Crippen LogP contribution in [0.3, 0.4) is 0 Å². The highest BCUT2D eigenvalue weighted by molar-refractivity contribution is 6.07. The summed E-state index contributed by atoms with van der Waals surface area (Å²) in [7, 11) is 0. The SMILES string of the molecule is CC(C)(Oc1ccccc1N1CCN(C(=O)c2cccc3ccccc23)CC1)C(=O)O. The van der Waals surface area contributed by atoms with Gasteiger partial charge in [0.1, 0.15) is 5.75 Å². The van der Waals surface area contributed by atoms with Crippen molar-refractivity contribution in [3.8, 4) is 5.75 Å². The van der Waals surface area contributed by atoms with E-state index in [9.17, 15) is 14.7 Å². The summed E-state index contributed by atoms with van der Waals surface area (Å²) < 4.78 is 5.82. The summed E-state index contributed by atoms with van der Waals surface area (Å²) in [6.45, 7) is 5.52. The number of para-hydroxylation sites is 2. The highest BCUT2D eigenvalue weighted by Crippen LogP contribution is 2.32. The minimum Gasteiger partial charge on any atom is -0.478 e. The number of carbonyl (C=O) groups is 2. The Hall–Kier alpha value is -3.54. The lowest BCUT2D eigenvalue weighted by Gasteiger charge is -2.37. The Bertz CT molecular complexity index is 1110. The molecule has 0 aliphatic carbocycles. The van der Waals surface area contributed by atoms with E-state index in [-0.39, 0.29) is 5.91 Å². The number of hydrogen-bond acceptors (Lipinski definition) is 4. The second kappa shape index (κ2) is 8.30. The lowest BCUT2D eigenvalue weighted by atomic mass is 10.0. The summed E-state index contributed by atoms with van der Waals surface area (Å²) in [5.74, 6) is -0.454. The molecular weight excluding hydrogens is 392 g/mol. The molecule has 6 heteroatoms. The number of amides is 1. The van der Waals surface area contributed by atoms with E-state index in [1.807, 2.05) is 65.6 Å². The predicted octanol–water partition coefficient (Wildman–Crippen LogP) is 4.04. The fourth-order valence-corrected chi connectivity index (χ4v) is 3.86. The number of carboxylic acids is 1. The number of ether oxygens (including phenoxy) is 1. The largest absolute Gasteiger partial charge is 0.478 e. The molecule has 0 bridgehead atoms. The Balaban J connectivity index is 1.49. The number of carbonyl (C=O) groups excluding carboxylic acids is 1. The number of benzene rings is 3. The first kappa shape index (κ1) is 20.7. The maximum atomic E-state index is 13.2. The van der Waals surface area contributed by atoms with Crippen molar-refractivity contribution in [2.45, 2.75) is 19.4 Å². The van der Waals surface area contributed by atoms with Crippen molar-refractivity contribution in [1.29, 1.82) is 0 Å². The zero-order valence-corrected chi connectivity index (χ0v) is 17.7. The van der Waals surface area contributed by atoms with Crippen molar-refractivity contribution in [1.82, 2.24) is 4.90 Å². The molecule has 31 heavy (non-hydrogen) atoms. The second-order valence-corrected chi connectivity index (χ2v) is 8.19. The standard InChI is InChI=1S/C25H26N2O4/c1-25(2,24(29)30)31-22-13-6-5-12-21(22)26-14-16-27(17-15-26)23(28)20-11-7-9-18-8-3-4-10-19(18)20/h3-13H,14-17H2,1-2H3,(H,29,30). The third kappa shape index (κ3) is 4.19. The molecule has 6 nitrogen and oxygen atoms in total. The fourth-order valence-electron chi connectivity index (χ4n) is 3.86. The molecule has 0 radical (unpaired) electrons. The van der Waals surface area contributed by atoms with Gasteiger partial charge in [0.15, 0.2) is 5.60 Å². The minimum absolute atomic E-state index is 0.0352. The zero-order chi connectivity index (χ0) is 22.0. The number of hydrogen-bond donors (Lipinski definition) is 1. The first-order valence-electron chi connectivity index (χ1n) is 10.4. The highest BCUT2D eigenvalue weighted by atomic mass is 16.5. The van der Waals surface area contributed by atoms with Crippen molar-refractivity contribution in [3.63, 3.8) is 0 Å². The van der Waals surface area contributed by atoms with Crippen LogP contribution in [0, 0.1) is 0 Å². The Morgan fingerprint density at radius 2 is 1.52 bits per heavy atom. The van der Waals surface area contributed by atoms with Gasteiger partial charge in [0.25, 0.3) is 5.91 Å². The summed E-state index contributed by atoms with van der Waals surface area (Å²) in [4.78, 5) is 28.7. The van der Waals surface area contributed by atoms with Crippen molar-refractivity contribution in [2.75, 3.05) is 31.1 Å². The van der Waals surface area contributed by atoms with Crippen LogP contribution in [-0.2, 0) is 4.79 Å². The predicted molar refractivity (Wildman–Crippen MR) is 121 cm³/mol. The molecule has 0 atom stereocenters. The van der Waals surface area contributed by atoms with Crippen LogP contribution in [0.4, 0.5) is 5.69 Å². The van der Waals surface area contributed by atoms with Crippen molar-refractivity contribution < 1.29 is 19.4 Å². The molecule has 0 unspecified atom stereocenters. The number of carboxylic acid groups (broad SMARTS) is 1. The topological polar surface area (TPSA) is 70.1 Å². The maximum Gasteiger partial charge on any atom is 0.347 e. The molecule has 1 amide bonds. The molecule has 1 heterocycles. The quantitative estimate of drug-likeness (QED) is 0.677. The Kier molecular flexibility index (Phi) is 5.55. The van der Waals surface area contributed by atoms with Crippen molar-refractivity contribution in [2.24, 2.45) is 0 Å². The molecule has 160 valence electrons. The van der Waals surface area contributed by atoms with E-state index >= 15 is 0 Å². The van der Waals surface area contributed by atoms with E-state index in [1.165, 1.54) is 13.8 Å². The fraction of sp³-hybridized carbons (Fsp3) is 0.280. The summed E-state index contributed by atoms with van der Waals surface area (Å²) in [6.07, 6.45) is 0. The molecule has 3 aromatic carbocycles. The van der Waals surface area contributed by atoms with Gasteiger partial charge in [-0.15, -0.1) is 0 Å². The molecule has 1 N–H and O–H groups in total. The molecule has 3 aromatic rings. The summed E-state index contributed by atoms with van der Waals surface area (Å²) in [5, 5.41) is 11.4. The molecular formula is C25H26N2O4. The molecule has 1 aliphatic rings. The monoisotopic (exact) mass is 418 g/mol. The van der Waals surface area contributed by atoms with Gasteiger partial charge < -0.3 is 19.6 Å². The van der Waals surface area contributed by atoms with Crippen molar-refractivity contribution >= 4 is 28.3 Å². The molecule has 1 aliphatic heterocycles. The van der Waals surface area contributed by atoms with Gasteiger partial charge in [-0.2, -0.15) is 0 Å².